The van der Waals surface area contributed by atoms with Crippen molar-refractivity contribution in [2.45, 2.75) is 6.43 Å². The van der Waals surface area contributed by atoms with Gasteiger partial charge in [-0.05, 0) is 6.07 Å². The first kappa shape index (κ1) is 10.7. The maximum absolute atomic E-state index is 13.1. The van der Waals surface area contributed by atoms with Gasteiger partial charge in [0.05, 0.1) is 11.1 Å². The Labute approximate surface area is 77.3 Å². The molecular formula is C9H6F4O. The maximum Gasteiger partial charge on any atom is 0.266 e. The molecule has 0 saturated heterocycles. The summed E-state index contributed by atoms with van der Waals surface area (Å²) in [7, 11) is 0. The van der Waals surface area contributed by atoms with E-state index in [9.17, 15) is 22.4 Å². The van der Waals surface area contributed by atoms with Crippen LogP contribution in [0.25, 0.3) is 0 Å². The zero-order valence-corrected chi connectivity index (χ0v) is 6.94. The topological polar surface area (TPSA) is 17.1 Å². The molecule has 1 rings (SSSR count). The molecule has 0 radical (unpaired) electrons. The van der Waals surface area contributed by atoms with E-state index in [0.717, 1.165) is 18.2 Å². The number of benzene rings is 1. The van der Waals surface area contributed by atoms with Crippen LogP contribution in [0.5, 0.6) is 0 Å². The largest absolute Gasteiger partial charge is 0.291 e. The second-order valence-corrected chi connectivity index (χ2v) is 2.57. The minimum absolute atomic E-state index is 0.634. The summed E-state index contributed by atoms with van der Waals surface area (Å²) in [6, 6.07) is 2.92. The highest BCUT2D eigenvalue weighted by atomic mass is 19.3. The van der Waals surface area contributed by atoms with Crippen molar-refractivity contribution in [3.05, 3.63) is 35.1 Å². The fraction of sp³-hybridized carbons (Fsp3) is 0.222. The molecule has 0 N–H and O–H groups in total. The third kappa shape index (κ3) is 1.92. The highest BCUT2D eigenvalue weighted by Crippen LogP contribution is 2.24. The lowest BCUT2D eigenvalue weighted by Crippen LogP contribution is -2.06. The Morgan fingerprint density at radius 2 is 2.00 bits per heavy atom. The monoisotopic (exact) mass is 206 g/mol. The minimum Gasteiger partial charge on any atom is -0.291 e. The summed E-state index contributed by atoms with van der Waals surface area (Å²) >= 11 is 0. The molecule has 1 aromatic carbocycles. The number of rotatable bonds is 3. The molecule has 0 amide bonds. The summed E-state index contributed by atoms with van der Waals surface area (Å²) in [6.07, 6.45) is -3.01. The van der Waals surface area contributed by atoms with Crippen LogP contribution in [0.2, 0.25) is 0 Å². The molecule has 0 unspecified atom stereocenters. The van der Waals surface area contributed by atoms with E-state index in [4.69, 9.17) is 0 Å². The molecule has 0 bridgehead atoms. The van der Waals surface area contributed by atoms with Crippen molar-refractivity contribution >= 4 is 5.78 Å². The minimum atomic E-state index is -3.01. The van der Waals surface area contributed by atoms with Crippen LogP contribution in [0.3, 0.4) is 0 Å². The average molecular weight is 206 g/mol. The molecule has 0 aliphatic carbocycles. The second kappa shape index (κ2) is 4.21. The van der Waals surface area contributed by atoms with Crippen LogP contribution in [0.1, 0.15) is 22.3 Å². The Morgan fingerprint density at radius 1 is 1.36 bits per heavy atom. The quantitative estimate of drug-likeness (QED) is 0.549. The zero-order chi connectivity index (χ0) is 10.7. The first-order valence-electron chi connectivity index (χ1n) is 3.73. The van der Waals surface area contributed by atoms with Gasteiger partial charge in [-0.1, -0.05) is 12.1 Å². The van der Waals surface area contributed by atoms with Gasteiger partial charge in [0, 0.05) is 0 Å². The third-order valence-corrected chi connectivity index (χ3v) is 1.69. The molecule has 0 heterocycles. The molecule has 1 nitrogen and oxygen atoms in total. The van der Waals surface area contributed by atoms with Crippen molar-refractivity contribution in [1.82, 2.24) is 0 Å². The van der Waals surface area contributed by atoms with Crippen molar-refractivity contribution < 1.29 is 22.4 Å². The van der Waals surface area contributed by atoms with Gasteiger partial charge in [0.15, 0.2) is 12.5 Å². The Morgan fingerprint density at radius 3 is 2.50 bits per heavy atom. The standard InChI is InChI=1S/C9H6F4O/c10-4-7(14)5-2-1-3-6(8(5)11)9(12)13/h1-3,9H,4H2. The van der Waals surface area contributed by atoms with Crippen LogP contribution in [-0.2, 0) is 0 Å². The predicted octanol–water partition coefficient (Wildman–Crippen LogP) is 2.92. The van der Waals surface area contributed by atoms with Crippen LogP contribution in [0.15, 0.2) is 18.2 Å². The average Bonchev–Trinajstić information content (AvgIpc) is 2.16. The van der Waals surface area contributed by atoms with Gasteiger partial charge in [0.25, 0.3) is 6.43 Å². The summed E-state index contributed by atoms with van der Waals surface area (Å²) in [5.41, 5.74) is -1.52. The molecule has 14 heavy (non-hydrogen) atoms. The Balaban J connectivity index is 3.20. The lowest BCUT2D eigenvalue weighted by molar-refractivity contribution is 0.0953. The van der Waals surface area contributed by atoms with Crippen molar-refractivity contribution in [1.29, 1.82) is 0 Å². The molecule has 0 fully saturated rings. The van der Waals surface area contributed by atoms with Gasteiger partial charge in [0.1, 0.15) is 5.82 Å². The van der Waals surface area contributed by atoms with Crippen LogP contribution in [0, 0.1) is 5.82 Å². The second-order valence-electron chi connectivity index (χ2n) is 2.57. The molecule has 1 aromatic rings. The van der Waals surface area contributed by atoms with E-state index in [1.165, 1.54) is 0 Å². The lowest BCUT2D eigenvalue weighted by Gasteiger charge is -2.04. The molecule has 0 atom stereocenters. The number of alkyl halides is 3. The van der Waals surface area contributed by atoms with Crippen molar-refractivity contribution in [3.63, 3.8) is 0 Å². The van der Waals surface area contributed by atoms with E-state index in [2.05, 4.69) is 0 Å². The molecule has 0 aliphatic rings. The Kier molecular flexibility index (Phi) is 3.22. The molecule has 0 saturated carbocycles. The number of hydrogen-bond donors (Lipinski definition) is 0. The van der Waals surface area contributed by atoms with Crippen LogP contribution in [-0.4, -0.2) is 12.5 Å². The Bertz CT molecular complexity index is 349. The van der Waals surface area contributed by atoms with Gasteiger partial charge >= 0.3 is 0 Å². The highest BCUT2D eigenvalue weighted by Gasteiger charge is 2.19. The fourth-order valence-corrected chi connectivity index (χ4v) is 1.01. The summed E-state index contributed by atoms with van der Waals surface area (Å²) in [4.78, 5) is 10.7. The molecule has 0 aliphatic heterocycles. The zero-order valence-electron chi connectivity index (χ0n) is 6.94. The normalized spacial score (nSPS) is 10.6. The van der Waals surface area contributed by atoms with Crippen LogP contribution < -0.4 is 0 Å². The number of carbonyl (C=O) groups is 1. The molecule has 76 valence electrons. The van der Waals surface area contributed by atoms with Crippen molar-refractivity contribution in [3.8, 4) is 0 Å². The first-order valence-corrected chi connectivity index (χ1v) is 3.73. The number of halogens is 4. The fourth-order valence-electron chi connectivity index (χ4n) is 1.01. The molecule has 0 spiro atoms. The Hall–Kier alpha value is -1.39. The van der Waals surface area contributed by atoms with E-state index in [1.807, 2.05) is 0 Å². The predicted molar refractivity (Wildman–Crippen MR) is 41.7 cm³/mol. The van der Waals surface area contributed by atoms with Crippen molar-refractivity contribution in [2.75, 3.05) is 6.67 Å². The van der Waals surface area contributed by atoms with Gasteiger partial charge in [-0.15, -0.1) is 0 Å². The van der Waals surface area contributed by atoms with Crippen LogP contribution in [0.4, 0.5) is 17.6 Å². The lowest BCUT2D eigenvalue weighted by atomic mass is 10.1. The SMILES string of the molecule is O=C(CF)c1cccc(C(F)F)c1F. The summed E-state index contributed by atoms with van der Waals surface area (Å²) < 4.78 is 49.2. The van der Waals surface area contributed by atoms with E-state index < -0.39 is 35.8 Å². The van der Waals surface area contributed by atoms with E-state index in [-0.39, 0.29) is 0 Å². The van der Waals surface area contributed by atoms with Gasteiger partial charge in [0.2, 0.25) is 0 Å². The van der Waals surface area contributed by atoms with Gasteiger partial charge in [-0.3, -0.25) is 4.79 Å². The summed E-state index contributed by atoms with van der Waals surface area (Å²) in [6.45, 7) is -1.40. The third-order valence-electron chi connectivity index (χ3n) is 1.69. The number of hydrogen-bond acceptors (Lipinski definition) is 1. The number of ketones is 1. The highest BCUT2D eigenvalue weighted by molar-refractivity contribution is 5.97. The molecule has 0 aromatic heterocycles. The van der Waals surface area contributed by atoms with E-state index >= 15 is 0 Å². The molecule has 5 heteroatoms. The smallest absolute Gasteiger partial charge is 0.266 e. The number of carbonyl (C=O) groups excluding carboxylic acids is 1. The first-order chi connectivity index (χ1) is 6.57. The van der Waals surface area contributed by atoms with Gasteiger partial charge < -0.3 is 0 Å². The molecular weight excluding hydrogens is 200 g/mol. The maximum atomic E-state index is 13.1. The van der Waals surface area contributed by atoms with E-state index in [0.29, 0.717) is 0 Å². The van der Waals surface area contributed by atoms with Gasteiger partial charge in [-0.2, -0.15) is 0 Å². The number of Topliss-reactive ketones (excluding diaryl/α,β-unsaturated/α-hetero) is 1. The van der Waals surface area contributed by atoms with Gasteiger partial charge in [-0.25, -0.2) is 17.6 Å². The summed E-state index contributed by atoms with van der Waals surface area (Å²) in [5, 5.41) is 0. The summed E-state index contributed by atoms with van der Waals surface area (Å²) in [5.74, 6) is -2.48. The van der Waals surface area contributed by atoms with Crippen LogP contribution >= 0.6 is 0 Å². The van der Waals surface area contributed by atoms with Crippen molar-refractivity contribution in [2.24, 2.45) is 0 Å². The van der Waals surface area contributed by atoms with E-state index in [1.54, 1.807) is 0 Å².